The van der Waals surface area contributed by atoms with Crippen LogP contribution in [0.3, 0.4) is 0 Å². The molecule has 0 aromatic rings. The van der Waals surface area contributed by atoms with Crippen LogP contribution >= 0.6 is 0 Å². The van der Waals surface area contributed by atoms with Gasteiger partial charge in [-0.2, -0.15) is 0 Å². The molecule has 0 saturated carbocycles. The number of esters is 1. The van der Waals surface area contributed by atoms with Crippen molar-refractivity contribution in [1.29, 1.82) is 0 Å². The third kappa shape index (κ3) is 6.31. The average molecular weight is 331 g/mol. The lowest BCUT2D eigenvalue weighted by molar-refractivity contribution is -0.147. The quantitative estimate of drug-likeness (QED) is 0.715. The Hall–Kier alpha value is -2.03. The summed E-state index contributed by atoms with van der Waals surface area (Å²) in [6.07, 6.45) is -1.60. The summed E-state index contributed by atoms with van der Waals surface area (Å²) in [5.74, 6) is -0.482. The predicted octanol–water partition coefficient (Wildman–Crippen LogP) is 0.348. The molecular formula is C14H25N3O6. The third-order valence-corrected chi connectivity index (χ3v) is 3.34. The van der Waals surface area contributed by atoms with Crippen molar-refractivity contribution in [3.8, 4) is 0 Å². The zero-order valence-electron chi connectivity index (χ0n) is 14.0. The van der Waals surface area contributed by atoms with Gasteiger partial charge in [0.25, 0.3) is 0 Å². The van der Waals surface area contributed by atoms with Crippen molar-refractivity contribution < 1.29 is 29.0 Å². The van der Waals surface area contributed by atoms with Gasteiger partial charge in [-0.15, -0.1) is 0 Å². The molecule has 0 unspecified atom stereocenters. The maximum atomic E-state index is 11.9. The molecule has 9 heteroatoms. The van der Waals surface area contributed by atoms with Gasteiger partial charge in [0.05, 0.1) is 7.11 Å². The van der Waals surface area contributed by atoms with Crippen molar-refractivity contribution in [1.82, 2.24) is 15.1 Å². The number of methoxy groups -OCH3 is 1. The minimum atomic E-state index is -0.980. The first-order valence-corrected chi connectivity index (χ1v) is 7.40. The van der Waals surface area contributed by atoms with Gasteiger partial charge in [-0.25, -0.2) is 9.59 Å². The van der Waals surface area contributed by atoms with E-state index in [-0.39, 0.29) is 6.54 Å². The topological polar surface area (TPSA) is 108 Å². The second kappa shape index (κ2) is 8.00. The van der Waals surface area contributed by atoms with E-state index in [0.717, 1.165) is 0 Å². The number of rotatable bonds is 4. The lowest BCUT2D eigenvalue weighted by Gasteiger charge is -2.36. The fourth-order valence-electron chi connectivity index (χ4n) is 2.22. The molecule has 23 heavy (non-hydrogen) atoms. The van der Waals surface area contributed by atoms with Crippen LogP contribution in [0.15, 0.2) is 0 Å². The highest BCUT2D eigenvalue weighted by Gasteiger charge is 2.31. The Kier molecular flexibility index (Phi) is 6.62. The van der Waals surface area contributed by atoms with Gasteiger partial charge in [0.2, 0.25) is 0 Å². The first-order valence-electron chi connectivity index (χ1n) is 7.40. The van der Waals surface area contributed by atoms with E-state index in [0.29, 0.717) is 26.2 Å². The van der Waals surface area contributed by atoms with Crippen molar-refractivity contribution >= 4 is 18.2 Å². The summed E-state index contributed by atoms with van der Waals surface area (Å²) >= 11 is 0. The summed E-state index contributed by atoms with van der Waals surface area (Å²) in [5.41, 5.74) is -0.627. The SMILES string of the molecule is COC(=O)[C@H](CNC(=O)OC(C)(C)C)N1CCN(C(=O)O)CC1. The van der Waals surface area contributed by atoms with Crippen LogP contribution in [0.5, 0.6) is 0 Å². The second-order valence-electron chi connectivity index (χ2n) is 6.23. The average Bonchev–Trinajstić information content (AvgIpc) is 2.45. The Morgan fingerprint density at radius 3 is 2.17 bits per heavy atom. The predicted molar refractivity (Wildman–Crippen MR) is 81.2 cm³/mol. The molecule has 2 amide bonds. The van der Waals surface area contributed by atoms with Gasteiger partial charge in [-0.3, -0.25) is 9.69 Å². The highest BCUT2D eigenvalue weighted by atomic mass is 16.6. The fourth-order valence-corrected chi connectivity index (χ4v) is 2.22. The molecule has 0 spiro atoms. The number of alkyl carbamates (subject to hydrolysis) is 1. The first kappa shape index (κ1) is 19.0. The monoisotopic (exact) mass is 331 g/mol. The zero-order chi connectivity index (χ0) is 17.6. The van der Waals surface area contributed by atoms with Gasteiger partial charge in [-0.05, 0) is 20.8 Å². The molecule has 1 saturated heterocycles. The van der Waals surface area contributed by atoms with Gasteiger partial charge in [-0.1, -0.05) is 0 Å². The van der Waals surface area contributed by atoms with Crippen LogP contribution in [0.2, 0.25) is 0 Å². The van der Waals surface area contributed by atoms with Crippen LogP contribution in [-0.2, 0) is 14.3 Å². The van der Waals surface area contributed by atoms with Crippen LogP contribution < -0.4 is 5.32 Å². The standard InChI is InChI=1S/C14H25N3O6/c1-14(2,3)23-12(19)15-9-10(11(18)22-4)16-5-7-17(8-6-16)13(20)21/h10H,5-9H2,1-4H3,(H,15,19)(H,20,21)/t10-/m0/s1. The normalized spacial score (nSPS) is 17.3. The smallest absolute Gasteiger partial charge is 0.407 e. The van der Waals surface area contributed by atoms with E-state index in [9.17, 15) is 14.4 Å². The van der Waals surface area contributed by atoms with Crippen LogP contribution in [0.25, 0.3) is 0 Å². The molecule has 1 fully saturated rings. The number of amides is 2. The minimum absolute atomic E-state index is 0.0364. The van der Waals surface area contributed by atoms with Gasteiger partial charge < -0.3 is 24.8 Å². The second-order valence-corrected chi connectivity index (χ2v) is 6.23. The molecule has 0 radical (unpaired) electrons. The molecule has 132 valence electrons. The Morgan fingerprint density at radius 2 is 1.74 bits per heavy atom. The third-order valence-electron chi connectivity index (χ3n) is 3.34. The van der Waals surface area contributed by atoms with Gasteiger partial charge in [0, 0.05) is 32.7 Å². The summed E-state index contributed by atoms with van der Waals surface area (Å²) in [4.78, 5) is 37.6. The van der Waals surface area contributed by atoms with E-state index in [1.165, 1.54) is 12.0 Å². The van der Waals surface area contributed by atoms with Gasteiger partial charge in [0.15, 0.2) is 0 Å². The number of carboxylic acid groups (broad SMARTS) is 1. The highest BCUT2D eigenvalue weighted by molar-refractivity contribution is 5.77. The van der Waals surface area contributed by atoms with E-state index in [1.54, 1.807) is 25.7 Å². The fraction of sp³-hybridized carbons (Fsp3) is 0.786. The van der Waals surface area contributed by atoms with Crippen LogP contribution in [0, 0.1) is 0 Å². The molecule has 0 aliphatic carbocycles. The molecule has 2 N–H and O–H groups in total. The Morgan fingerprint density at radius 1 is 1.17 bits per heavy atom. The Bertz CT molecular complexity index is 440. The number of hydrogen-bond donors (Lipinski definition) is 2. The maximum Gasteiger partial charge on any atom is 0.407 e. The molecule has 9 nitrogen and oxygen atoms in total. The number of nitrogens with zero attached hydrogens (tertiary/aromatic N) is 2. The molecule has 0 aromatic heterocycles. The van der Waals surface area contributed by atoms with E-state index >= 15 is 0 Å². The maximum absolute atomic E-state index is 11.9. The van der Waals surface area contributed by atoms with Crippen LogP contribution in [-0.4, -0.2) is 84.5 Å². The summed E-state index contributed by atoms with van der Waals surface area (Å²) in [7, 11) is 1.27. The first-order chi connectivity index (χ1) is 10.6. The van der Waals surface area contributed by atoms with Crippen molar-refractivity contribution in [2.75, 3.05) is 39.8 Å². The van der Waals surface area contributed by atoms with Gasteiger partial charge >= 0.3 is 18.2 Å². The highest BCUT2D eigenvalue weighted by Crippen LogP contribution is 2.09. The van der Waals surface area contributed by atoms with Crippen molar-refractivity contribution in [3.63, 3.8) is 0 Å². The largest absolute Gasteiger partial charge is 0.468 e. The van der Waals surface area contributed by atoms with Crippen molar-refractivity contribution in [2.24, 2.45) is 0 Å². The number of piperazine rings is 1. The number of carbonyl (C=O) groups excluding carboxylic acids is 2. The van der Waals surface area contributed by atoms with Crippen molar-refractivity contribution in [3.05, 3.63) is 0 Å². The molecule has 1 atom stereocenters. The van der Waals surface area contributed by atoms with Gasteiger partial charge in [0.1, 0.15) is 11.6 Å². The van der Waals surface area contributed by atoms with E-state index in [4.69, 9.17) is 14.6 Å². The molecule has 0 bridgehead atoms. The molecule has 1 heterocycles. The summed E-state index contributed by atoms with van der Waals surface area (Å²) in [5, 5.41) is 11.5. The summed E-state index contributed by atoms with van der Waals surface area (Å²) in [6.45, 7) is 6.66. The number of ether oxygens (including phenoxy) is 2. The Labute approximate surface area is 135 Å². The lowest BCUT2D eigenvalue weighted by Crippen LogP contribution is -2.57. The number of carbonyl (C=O) groups is 3. The molecule has 1 aliphatic heterocycles. The summed E-state index contributed by atoms with van der Waals surface area (Å²) < 4.78 is 9.90. The van der Waals surface area contributed by atoms with Crippen molar-refractivity contribution in [2.45, 2.75) is 32.4 Å². The van der Waals surface area contributed by atoms with Crippen LogP contribution in [0.1, 0.15) is 20.8 Å². The number of nitrogens with one attached hydrogen (secondary N) is 1. The number of hydrogen-bond acceptors (Lipinski definition) is 6. The van der Waals surface area contributed by atoms with E-state index in [1.807, 2.05) is 0 Å². The molecule has 0 aromatic carbocycles. The lowest BCUT2D eigenvalue weighted by atomic mass is 10.2. The Balaban J connectivity index is 2.59. The van der Waals surface area contributed by atoms with Crippen LogP contribution in [0.4, 0.5) is 9.59 Å². The van der Waals surface area contributed by atoms with E-state index in [2.05, 4.69) is 5.32 Å². The molecular weight excluding hydrogens is 306 g/mol. The molecule has 1 rings (SSSR count). The summed E-state index contributed by atoms with van der Waals surface area (Å²) in [6, 6.07) is -0.677. The van der Waals surface area contributed by atoms with E-state index < -0.39 is 29.8 Å². The zero-order valence-corrected chi connectivity index (χ0v) is 14.0. The minimum Gasteiger partial charge on any atom is -0.468 e. The molecule has 1 aliphatic rings.